The summed E-state index contributed by atoms with van der Waals surface area (Å²) in [6.45, 7) is 3.89. The fraction of sp³-hybridized carbons (Fsp3) is 0.273. The van der Waals surface area contributed by atoms with E-state index in [0.29, 0.717) is 12.8 Å². The van der Waals surface area contributed by atoms with Crippen molar-refractivity contribution in [3.05, 3.63) is 75.6 Å². The van der Waals surface area contributed by atoms with E-state index in [1.165, 1.54) is 0 Å². The summed E-state index contributed by atoms with van der Waals surface area (Å²) < 4.78 is 5.19. The second-order valence-electron chi connectivity index (χ2n) is 6.75. The second-order valence-corrected chi connectivity index (χ2v) is 6.75. The van der Waals surface area contributed by atoms with Crippen LogP contribution in [0.1, 0.15) is 30.5 Å². The first-order chi connectivity index (χ1) is 12.5. The van der Waals surface area contributed by atoms with Crippen molar-refractivity contribution in [3.63, 3.8) is 0 Å². The first kappa shape index (κ1) is 17.8. The number of pyridine rings is 1. The molecule has 1 heterocycles. The van der Waals surface area contributed by atoms with Gasteiger partial charge in [-0.25, -0.2) is 0 Å². The van der Waals surface area contributed by atoms with Crippen LogP contribution in [0.2, 0.25) is 0 Å². The maximum atomic E-state index is 12.1. The average Bonchev–Trinajstić information content (AvgIpc) is 2.67. The summed E-state index contributed by atoms with van der Waals surface area (Å²) in [6, 6.07) is 18.0. The number of benzene rings is 2. The van der Waals surface area contributed by atoms with Gasteiger partial charge in [-0.3, -0.25) is 4.79 Å². The van der Waals surface area contributed by atoms with Gasteiger partial charge in [-0.2, -0.15) is 5.26 Å². The number of fused-ring (bicyclic) bond motifs is 1. The Morgan fingerprint density at radius 3 is 2.50 bits per heavy atom. The van der Waals surface area contributed by atoms with Crippen LogP contribution < -0.4 is 10.3 Å². The zero-order valence-corrected chi connectivity index (χ0v) is 15.3. The van der Waals surface area contributed by atoms with Crippen LogP contribution in [0.25, 0.3) is 10.9 Å². The summed E-state index contributed by atoms with van der Waals surface area (Å²) in [6.07, 6.45) is 1.27. The molecule has 0 aliphatic heterocycles. The molecule has 1 aromatic heterocycles. The highest BCUT2D eigenvalue weighted by atomic mass is 16.5. The smallest absolute Gasteiger partial charge is 0.251 e. The molecule has 1 atom stereocenters. The lowest BCUT2D eigenvalue weighted by Crippen LogP contribution is -2.23. The predicted octanol–water partition coefficient (Wildman–Crippen LogP) is 4.12. The molecule has 0 aliphatic carbocycles. The Kier molecular flexibility index (Phi) is 4.81. The molecule has 1 unspecified atom stereocenters. The maximum Gasteiger partial charge on any atom is 0.251 e. The lowest BCUT2D eigenvalue weighted by atomic mass is 9.78. The van der Waals surface area contributed by atoms with Crippen molar-refractivity contribution in [2.45, 2.75) is 32.1 Å². The Labute approximate surface area is 153 Å². The molecule has 4 heteroatoms. The van der Waals surface area contributed by atoms with E-state index in [2.05, 4.69) is 11.1 Å². The van der Waals surface area contributed by atoms with Crippen molar-refractivity contribution in [2.24, 2.45) is 0 Å². The molecular formula is C22H22N2O2. The lowest BCUT2D eigenvalue weighted by Gasteiger charge is -2.23. The average molecular weight is 346 g/mol. The van der Waals surface area contributed by atoms with Crippen LogP contribution in [0, 0.1) is 11.3 Å². The van der Waals surface area contributed by atoms with E-state index in [9.17, 15) is 10.1 Å². The van der Waals surface area contributed by atoms with Gasteiger partial charge in [0.2, 0.25) is 0 Å². The highest BCUT2D eigenvalue weighted by Gasteiger charge is 2.27. The van der Waals surface area contributed by atoms with Crippen LogP contribution in [0.4, 0.5) is 0 Å². The third kappa shape index (κ3) is 3.34. The van der Waals surface area contributed by atoms with Crippen LogP contribution in [-0.4, -0.2) is 12.1 Å². The first-order valence-corrected chi connectivity index (χ1v) is 8.69. The topological polar surface area (TPSA) is 65.9 Å². The third-order valence-electron chi connectivity index (χ3n) is 4.90. The Morgan fingerprint density at radius 1 is 1.15 bits per heavy atom. The van der Waals surface area contributed by atoms with Crippen LogP contribution >= 0.6 is 0 Å². The Hall–Kier alpha value is -3.06. The van der Waals surface area contributed by atoms with Crippen LogP contribution in [0.5, 0.6) is 5.75 Å². The van der Waals surface area contributed by atoms with Crippen molar-refractivity contribution in [1.29, 1.82) is 5.26 Å². The largest absolute Gasteiger partial charge is 0.497 e. The number of aromatic nitrogens is 1. The fourth-order valence-corrected chi connectivity index (χ4v) is 3.21. The van der Waals surface area contributed by atoms with Gasteiger partial charge in [0.1, 0.15) is 5.75 Å². The molecule has 0 fully saturated rings. The molecule has 0 saturated carbocycles. The number of H-pyrrole nitrogens is 1. The number of nitrogens with one attached hydrogen (secondary N) is 1. The molecular weight excluding hydrogens is 324 g/mol. The summed E-state index contributed by atoms with van der Waals surface area (Å²) in [5.74, 6) is 0.794. The van der Waals surface area contributed by atoms with Gasteiger partial charge in [-0.1, -0.05) is 31.2 Å². The van der Waals surface area contributed by atoms with Crippen molar-refractivity contribution in [3.8, 4) is 11.8 Å². The van der Waals surface area contributed by atoms with Crippen molar-refractivity contribution in [2.75, 3.05) is 7.11 Å². The predicted molar refractivity (Wildman–Crippen MR) is 104 cm³/mol. The van der Waals surface area contributed by atoms with E-state index >= 15 is 0 Å². The van der Waals surface area contributed by atoms with Crippen LogP contribution in [-0.2, 0) is 18.3 Å². The Bertz CT molecular complexity index is 1030. The first-order valence-electron chi connectivity index (χ1n) is 8.69. The van der Waals surface area contributed by atoms with Gasteiger partial charge in [0, 0.05) is 11.1 Å². The number of nitrogens with zero attached hydrogens (tertiary/aromatic N) is 1. The van der Waals surface area contributed by atoms with Gasteiger partial charge in [-0.05, 0) is 60.5 Å². The second kappa shape index (κ2) is 7.05. The number of hydrogen-bond donors (Lipinski definition) is 1. The van der Waals surface area contributed by atoms with Gasteiger partial charge in [-0.15, -0.1) is 0 Å². The third-order valence-corrected chi connectivity index (χ3v) is 4.90. The summed E-state index contributed by atoms with van der Waals surface area (Å²) in [7, 11) is 1.63. The number of nitriles is 1. The molecule has 0 saturated heterocycles. The summed E-state index contributed by atoms with van der Waals surface area (Å²) >= 11 is 0. The maximum absolute atomic E-state index is 12.1. The van der Waals surface area contributed by atoms with Crippen molar-refractivity contribution < 1.29 is 4.74 Å². The summed E-state index contributed by atoms with van der Waals surface area (Å²) in [5.41, 5.74) is 2.73. The highest BCUT2D eigenvalue weighted by Crippen LogP contribution is 2.30. The van der Waals surface area contributed by atoms with E-state index in [1.807, 2.05) is 62.4 Å². The van der Waals surface area contributed by atoms with Gasteiger partial charge in [0.05, 0.1) is 18.6 Å². The molecule has 3 aromatic rings. The van der Waals surface area contributed by atoms with Crippen molar-refractivity contribution >= 4 is 10.9 Å². The molecule has 1 N–H and O–H groups in total. The normalized spacial score (nSPS) is 13.2. The molecule has 132 valence electrons. The molecule has 26 heavy (non-hydrogen) atoms. The molecule has 0 bridgehead atoms. The van der Waals surface area contributed by atoms with Crippen LogP contribution in [0.3, 0.4) is 0 Å². The summed E-state index contributed by atoms with van der Waals surface area (Å²) in [5, 5.41) is 10.8. The minimum Gasteiger partial charge on any atom is -0.497 e. The zero-order chi connectivity index (χ0) is 18.7. The minimum atomic E-state index is -0.691. The quantitative estimate of drug-likeness (QED) is 0.755. The molecule has 0 amide bonds. The van der Waals surface area contributed by atoms with Crippen molar-refractivity contribution in [1.82, 2.24) is 4.98 Å². The molecule has 4 nitrogen and oxygen atoms in total. The number of aryl methyl sites for hydroxylation is 1. The van der Waals surface area contributed by atoms with E-state index in [1.54, 1.807) is 7.11 Å². The molecule has 2 aromatic carbocycles. The number of ether oxygens (including phenoxy) is 1. The molecule has 0 spiro atoms. The van der Waals surface area contributed by atoms with E-state index in [-0.39, 0.29) is 5.56 Å². The number of aromatic amines is 1. The SMILES string of the molecule is CCc1cc2ccc(C(C)(C#N)Cc3ccc(OC)cc3)cc2[nH]c1=O. The van der Waals surface area contributed by atoms with Crippen LogP contribution in [0.15, 0.2) is 53.3 Å². The Morgan fingerprint density at radius 2 is 1.88 bits per heavy atom. The monoisotopic (exact) mass is 346 g/mol. The van der Waals surface area contributed by atoms with Gasteiger partial charge < -0.3 is 9.72 Å². The van der Waals surface area contributed by atoms with E-state index in [4.69, 9.17) is 4.74 Å². The van der Waals surface area contributed by atoms with E-state index < -0.39 is 5.41 Å². The fourth-order valence-electron chi connectivity index (χ4n) is 3.21. The lowest BCUT2D eigenvalue weighted by molar-refractivity contribution is 0.414. The van der Waals surface area contributed by atoms with Gasteiger partial charge >= 0.3 is 0 Å². The molecule has 3 rings (SSSR count). The molecule has 0 aliphatic rings. The number of hydrogen-bond acceptors (Lipinski definition) is 3. The van der Waals surface area contributed by atoms with E-state index in [0.717, 1.165) is 33.3 Å². The highest BCUT2D eigenvalue weighted by molar-refractivity contribution is 5.80. The van der Waals surface area contributed by atoms with Gasteiger partial charge in [0.25, 0.3) is 5.56 Å². The number of methoxy groups -OCH3 is 1. The standard InChI is InChI=1S/C22H22N2O2/c1-4-16-11-17-7-8-18(12-20(17)24-21(16)25)22(2,14-23)13-15-5-9-19(26-3)10-6-15/h5-12H,4,13H2,1-3H3,(H,24,25). The minimum absolute atomic E-state index is 0.0639. The molecule has 0 radical (unpaired) electrons. The number of rotatable bonds is 5. The summed E-state index contributed by atoms with van der Waals surface area (Å²) in [4.78, 5) is 15.1. The Balaban J connectivity index is 2.00. The van der Waals surface area contributed by atoms with Gasteiger partial charge in [0.15, 0.2) is 0 Å². The zero-order valence-electron chi connectivity index (χ0n) is 15.3.